The molecule has 0 atom stereocenters. The second kappa shape index (κ2) is 10.2. The molecule has 2 saturated heterocycles. The highest BCUT2D eigenvalue weighted by Crippen LogP contribution is 2.17. The Kier molecular flexibility index (Phi) is 8.23. The van der Waals surface area contributed by atoms with Crippen molar-refractivity contribution >= 4 is 34.2 Å². The fourth-order valence-electron chi connectivity index (χ4n) is 3.14. The molecule has 8 nitrogen and oxygen atoms in total. The Morgan fingerprint density at radius 2 is 1.68 bits per heavy atom. The molecule has 28 heavy (non-hydrogen) atoms. The first-order chi connectivity index (χ1) is 13.0. The average molecular weight is 431 g/mol. The lowest BCUT2D eigenvalue weighted by Crippen LogP contribution is -2.50. The number of rotatable bonds is 7. The summed E-state index contributed by atoms with van der Waals surface area (Å²) in [6.07, 6.45) is 0.321. The van der Waals surface area contributed by atoms with Gasteiger partial charge in [0.15, 0.2) is 0 Å². The van der Waals surface area contributed by atoms with Gasteiger partial charge in [-0.05, 0) is 12.1 Å². The molecule has 2 amide bonds. The lowest BCUT2D eigenvalue weighted by molar-refractivity contribution is -0.134. The summed E-state index contributed by atoms with van der Waals surface area (Å²) < 4.78 is 26.6. The second-order valence-electron chi connectivity index (χ2n) is 6.93. The highest BCUT2D eigenvalue weighted by atomic mass is 35.5. The Morgan fingerprint density at radius 1 is 1.04 bits per heavy atom. The summed E-state index contributed by atoms with van der Waals surface area (Å²) in [6.45, 7) is 3.73. The van der Waals surface area contributed by atoms with Crippen molar-refractivity contribution in [3.8, 4) is 0 Å². The molecule has 2 aliphatic heterocycles. The van der Waals surface area contributed by atoms with Crippen LogP contribution >= 0.6 is 12.4 Å². The number of hydrogen-bond donors (Lipinski definition) is 2. The van der Waals surface area contributed by atoms with E-state index < -0.39 is 10.0 Å². The molecule has 2 N–H and O–H groups in total. The van der Waals surface area contributed by atoms with Gasteiger partial charge in [-0.1, -0.05) is 18.2 Å². The van der Waals surface area contributed by atoms with E-state index in [1.807, 2.05) is 0 Å². The Hall–Kier alpha value is -1.68. The van der Waals surface area contributed by atoms with Crippen LogP contribution in [0.25, 0.3) is 0 Å². The first kappa shape index (κ1) is 22.6. The maximum absolute atomic E-state index is 12.6. The van der Waals surface area contributed by atoms with Crippen LogP contribution in [0.5, 0.6) is 0 Å². The topological polar surface area (TPSA) is 98.8 Å². The smallest absolute Gasteiger partial charge is 0.243 e. The molecular weight excluding hydrogens is 404 g/mol. The molecule has 2 aliphatic rings. The molecule has 0 saturated carbocycles. The Balaban J connectivity index is 0.00000280. The van der Waals surface area contributed by atoms with Crippen LogP contribution in [0, 0.1) is 5.92 Å². The first-order valence-electron chi connectivity index (χ1n) is 9.27. The first-order valence-corrected chi connectivity index (χ1v) is 10.7. The largest absolute Gasteiger partial charge is 0.356 e. The van der Waals surface area contributed by atoms with Gasteiger partial charge in [0.25, 0.3) is 0 Å². The Labute approximate surface area is 172 Å². The summed E-state index contributed by atoms with van der Waals surface area (Å²) in [7, 11) is -3.52. The van der Waals surface area contributed by atoms with Crippen molar-refractivity contribution < 1.29 is 18.0 Å². The molecule has 0 spiro atoms. The molecular formula is C18H27ClN4O4S. The van der Waals surface area contributed by atoms with Crippen molar-refractivity contribution in [1.82, 2.24) is 19.8 Å². The molecule has 0 aromatic heterocycles. The van der Waals surface area contributed by atoms with E-state index in [1.165, 1.54) is 4.31 Å². The molecule has 0 bridgehead atoms. The monoisotopic (exact) mass is 430 g/mol. The van der Waals surface area contributed by atoms with Crippen LogP contribution < -0.4 is 10.6 Å². The molecule has 156 valence electrons. The van der Waals surface area contributed by atoms with E-state index >= 15 is 0 Å². The molecule has 0 radical (unpaired) electrons. The molecule has 0 aliphatic carbocycles. The van der Waals surface area contributed by atoms with Crippen molar-refractivity contribution in [2.24, 2.45) is 5.92 Å². The van der Waals surface area contributed by atoms with Crippen molar-refractivity contribution in [3.63, 3.8) is 0 Å². The maximum atomic E-state index is 12.6. The van der Waals surface area contributed by atoms with Gasteiger partial charge in [0.05, 0.1) is 4.90 Å². The third-order valence-electron chi connectivity index (χ3n) is 4.99. The van der Waals surface area contributed by atoms with E-state index in [4.69, 9.17) is 0 Å². The molecule has 0 unspecified atom stereocenters. The summed E-state index contributed by atoms with van der Waals surface area (Å²) in [4.78, 5) is 26.0. The fourth-order valence-corrected chi connectivity index (χ4v) is 4.58. The van der Waals surface area contributed by atoms with E-state index in [1.54, 1.807) is 35.2 Å². The molecule has 10 heteroatoms. The number of piperazine rings is 1. The van der Waals surface area contributed by atoms with Gasteiger partial charge in [0.1, 0.15) is 0 Å². The predicted molar refractivity (Wildman–Crippen MR) is 108 cm³/mol. The van der Waals surface area contributed by atoms with Crippen molar-refractivity contribution in [1.29, 1.82) is 0 Å². The summed E-state index contributed by atoms with van der Waals surface area (Å²) in [6, 6.07) is 8.31. The number of carbonyl (C=O) groups is 2. The van der Waals surface area contributed by atoms with Crippen LogP contribution in [0.1, 0.15) is 12.8 Å². The van der Waals surface area contributed by atoms with E-state index in [0.717, 1.165) is 13.1 Å². The van der Waals surface area contributed by atoms with Crippen molar-refractivity contribution in [2.75, 3.05) is 45.8 Å². The Morgan fingerprint density at radius 3 is 2.25 bits per heavy atom. The number of sulfonamides is 1. The van der Waals surface area contributed by atoms with Crippen LogP contribution in [0.2, 0.25) is 0 Å². The summed E-state index contributed by atoms with van der Waals surface area (Å²) in [5.74, 6) is 0.275. The van der Waals surface area contributed by atoms with Gasteiger partial charge in [-0.2, -0.15) is 4.31 Å². The second-order valence-corrected chi connectivity index (χ2v) is 8.86. The standard InChI is InChI=1S/C18H26N4O4S.ClH/c23-17(20-14-15-12-19-13-15)6-7-18(24)21-8-10-22(11-9-21)27(25,26)16-4-2-1-3-5-16;/h1-5,15,19H,6-14H2,(H,20,23);1H. The van der Waals surface area contributed by atoms with Crippen LogP contribution in [0.4, 0.5) is 0 Å². The average Bonchev–Trinajstić information content (AvgIpc) is 2.65. The number of benzene rings is 1. The van der Waals surface area contributed by atoms with Crippen LogP contribution in [0.15, 0.2) is 35.2 Å². The molecule has 1 aromatic carbocycles. The van der Waals surface area contributed by atoms with E-state index in [-0.39, 0.29) is 55.0 Å². The van der Waals surface area contributed by atoms with Gasteiger partial charge in [0.2, 0.25) is 21.8 Å². The van der Waals surface area contributed by atoms with Gasteiger partial charge >= 0.3 is 0 Å². The number of nitrogens with one attached hydrogen (secondary N) is 2. The maximum Gasteiger partial charge on any atom is 0.243 e. The van der Waals surface area contributed by atoms with Gasteiger partial charge < -0.3 is 15.5 Å². The number of nitrogens with zero attached hydrogens (tertiary/aromatic N) is 2. The van der Waals surface area contributed by atoms with Crippen molar-refractivity contribution in [2.45, 2.75) is 17.7 Å². The zero-order valence-corrected chi connectivity index (χ0v) is 17.3. The number of carbonyl (C=O) groups excluding carboxylic acids is 2. The van der Waals surface area contributed by atoms with E-state index in [9.17, 15) is 18.0 Å². The lowest BCUT2D eigenvalue weighted by Gasteiger charge is -2.34. The molecule has 1 aromatic rings. The third-order valence-corrected chi connectivity index (χ3v) is 6.91. The van der Waals surface area contributed by atoms with E-state index in [0.29, 0.717) is 25.6 Å². The number of halogens is 1. The zero-order chi connectivity index (χ0) is 19.3. The van der Waals surface area contributed by atoms with Crippen LogP contribution in [-0.4, -0.2) is 75.3 Å². The van der Waals surface area contributed by atoms with Gasteiger partial charge in [-0.25, -0.2) is 8.42 Å². The van der Waals surface area contributed by atoms with Crippen molar-refractivity contribution in [3.05, 3.63) is 30.3 Å². The SMILES string of the molecule is Cl.O=C(CCC(=O)N1CCN(S(=O)(=O)c2ccccc2)CC1)NCC1CNC1. The highest BCUT2D eigenvalue weighted by Gasteiger charge is 2.30. The lowest BCUT2D eigenvalue weighted by atomic mass is 10.0. The highest BCUT2D eigenvalue weighted by molar-refractivity contribution is 7.89. The molecule has 3 rings (SSSR count). The van der Waals surface area contributed by atoms with Gasteiger partial charge in [0, 0.05) is 64.6 Å². The third kappa shape index (κ3) is 5.66. The minimum atomic E-state index is -3.52. The quantitative estimate of drug-likeness (QED) is 0.637. The number of amides is 2. The summed E-state index contributed by atoms with van der Waals surface area (Å²) >= 11 is 0. The summed E-state index contributed by atoms with van der Waals surface area (Å²) in [5, 5.41) is 5.99. The van der Waals surface area contributed by atoms with Crippen LogP contribution in [0.3, 0.4) is 0 Å². The predicted octanol–water partition coefficient (Wildman–Crippen LogP) is 0.0571. The minimum absolute atomic E-state index is 0. The normalized spacial score (nSPS) is 18.1. The number of hydrogen-bond acceptors (Lipinski definition) is 5. The summed E-state index contributed by atoms with van der Waals surface area (Å²) in [5.41, 5.74) is 0. The molecule has 2 heterocycles. The van der Waals surface area contributed by atoms with Crippen LogP contribution in [-0.2, 0) is 19.6 Å². The van der Waals surface area contributed by atoms with Gasteiger partial charge in [-0.15, -0.1) is 12.4 Å². The van der Waals surface area contributed by atoms with Gasteiger partial charge in [-0.3, -0.25) is 9.59 Å². The minimum Gasteiger partial charge on any atom is -0.356 e. The zero-order valence-electron chi connectivity index (χ0n) is 15.7. The Bertz CT molecular complexity index is 763. The van der Waals surface area contributed by atoms with E-state index in [2.05, 4.69) is 10.6 Å². The molecule has 2 fully saturated rings. The fraction of sp³-hybridized carbons (Fsp3) is 0.556.